The van der Waals surface area contributed by atoms with E-state index >= 15 is 0 Å². The van der Waals surface area contributed by atoms with E-state index in [1.54, 1.807) is 23.6 Å². The highest BCUT2D eigenvalue weighted by atomic mass is 16.5. The number of ether oxygens (including phenoxy) is 1. The van der Waals surface area contributed by atoms with E-state index in [4.69, 9.17) is 4.74 Å². The van der Waals surface area contributed by atoms with Crippen molar-refractivity contribution in [2.24, 2.45) is 5.92 Å². The largest absolute Gasteiger partial charge is 0.461 e. The SMILES string of the molecule is CC1CC2C(=O)OC(C)CC(=O)N3CCCCC3C(=O)N3CCCCC3C(=O)NC(C)C(=O)N2C1. The van der Waals surface area contributed by atoms with Crippen LogP contribution >= 0.6 is 0 Å². The number of rotatable bonds is 0. The number of hydrogen-bond donors (Lipinski definition) is 1. The fourth-order valence-corrected chi connectivity index (χ4v) is 5.96. The zero-order chi connectivity index (χ0) is 25.3. The van der Waals surface area contributed by atoms with Gasteiger partial charge < -0.3 is 24.8 Å². The molecule has 6 unspecified atom stereocenters. The predicted molar refractivity (Wildman–Crippen MR) is 126 cm³/mol. The molecule has 0 aliphatic carbocycles. The van der Waals surface area contributed by atoms with Gasteiger partial charge in [-0.05, 0) is 64.7 Å². The minimum Gasteiger partial charge on any atom is -0.461 e. The monoisotopic (exact) mass is 490 g/mol. The Hall–Kier alpha value is -2.65. The number of fused-ring (bicyclic) bond motifs is 3. The summed E-state index contributed by atoms with van der Waals surface area (Å²) in [5, 5.41) is 2.81. The van der Waals surface area contributed by atoms with Crippen LogP contribution in [0.4, 0.5) is 0 Å². The average molecular weight is 491 g/mol. The van der Waals surface area contributed by atoms with Crippen LogP contribution in [0.5, 0.6) is 0 Å². The van der Waals surface area contributed by atoms with Gasteiger partial charge in [0.2, 0.25) is 23.6 Å². The maximum Gasteiger partial charge on any atom is 0.329 e. The molecule has 0 aromatic carbocycles. The molecule has 4 aliphatic heterocycles. The molecule has 0 bridgehead atoms. The molecule has 10 nitrogen and oxygen atoms in total. The summed E-state index contributed by atoms with van der Waals surface area (Å²) in [6.07, 6.45) is 4.10. The molecule has 1 N–H and O–H groups in total. The van der Waals surface area contributed by atoms with Gasteiger partial charge in [-0.3, -0.25) is 19.2 Å². The Kier molecular flexibility index (Phi) is 7.66. The van der Waals surface area contributed by atoms with Crippen LogP contribution in [0.3, 0.4) is 0 Å². The number of esters is 1. The highest BCUT2D eigenvalue weighted by molar-refractivity contribution is 5.95. The third-order valence-corrected chi connectivity index (χ3v) is 7.77. The zero-order valence-corrected chi connectivity index (χ0v) is 21.0. The minimum atomic E-state index is -0.833. The van der Waals surface area contributed by atoms with Crippen molar-refractivity contribution in [2.75, 3.05) is 19.6 Å². The summed E-state index contributed by atoms with van der Waals surface area (Å²) in [6, 6.07) is -2.86. The molecule has 4 saturated heterocycles. The number of amides is 4. The van der Waals surface area contributed by atoms with Crippen LogP contribution in [0.2, 0.25) is 0 Å². The van der Waals surface area contributed by atoms with Crippen LogP contribution in [0.25, 0.3) is 0 Å². The van der Waals surface area contributed by atoms with Gasteiger partial charge in [-0.2, -0.15) is 0 Å². The van der Waals surface area contributed by atoms with Crippen LogP contribution < -0.4 is 5.32 Å². The molecule has 4 amide bonds. The Labute approximate surface area is 206 Å². The molecule has 0 radical (unpaired) electrons. The Balaban J connectivity index is 1.65. The predicted octanol–water partition coefficient (Wildman–Crippen LogP) is 0.826. The maximum absolute atomic E-state index is 13.7. The standard InChI is InChI=1S/C25H38N4O6/c1-15-12-20-25(34)35-16(2)13-21(30)27-10-6-5-9-19(27)24(33)28-11-7-4-8-18(28)22(31)26-17(3)23(32)29(20)14-15/h15-20H,4-14H2,1-3H3,(H,26,31). The van der Waals surface area contributed by atoms with Crippen LogP contribution in [-0.2, 0) is 28.7 Å². The van der Waals surface area contributed by atoms with Crippen molar-refractivity contribution in [3.63, 3.8) is 0 Å². The van der Waals surface area contributed by atoms with Crippen molar-refractivity contribution in [1.29, 1.82) is 0 Å². The van der Waals surface area contributed by atoms with Crippen LogP contribution in [-0.4, -0.2) is 94.2 Å². The van der Waals surface area contributed by atoms with Gasteiger partial charge in [-0.1, -0.05) is 6.92 Å². The Bertz CT molecular complexity index is 878. The molecule has 35 heavy (non-hydrogen) atoms. The summed E-state index contributed by atoms with van der Waals surface area (Å²) in [5.74, 6) is -1.55. The second kappa shape index (κ2) is 10.5. The van der Waals surface area contributed by atoms with E-state index in [9.17, 15) is 24.0 Å². The summed E-state index contributed by atoms with van der Waals surface area (Å²) in [5.41, 5.74) is 0. The van der Waals surface area contributed by atoms with Crippen molar-refractivity contribution in [3.05, 3.63) is 0 Å². The first-order valence-corrected chi connectivity index (χ1v) is 13.1. The van der Waals surface area contributed by atoms with E-state index in [0.29, 0.717) is 38.9 Å². The molecule has 194 valence electrons. The van der Waals surface area contributed by atoms with Gasteiger partial charge in [0.1, 0.15) is 30.3 Å². The van der Waals surface area contributed by atoms with Crippen LogP contribution in [0, 0.1) is 5.92 Å². The molecule has 0 saturated carbocycles. The van der Waals surface area contributed by atoms with Gasteiger partial charge in [0.15, 0.2) is 0 Å². The van der Waals surface area contributed by atoms with Gasteiger partial charge in [-0.15, -0.1) is 0 Å². The number of nitrogens with zero attached hydrogens (tertiary/aromatic N) is 3. The van der Waals surface area contributed by atoms with E-state index < -0.39 is 36.2 Å². The molecule has 6 atom stereocenters. The zero-order valence-electron chi connectivity index (χ0n) is 21.0. The Morgan fingerprint density at radius 1 is 0.771 bits per heavy atom. The van der Waals surface area contributed by atoms with E-state index in [0.717, 1.165) is 25.7 Å². The lowest BCUT2D eigenvalue weighted by Crippen LogP contribution is -2.61. The second-order valence-electron chi connectivity index (χ2n) is 10.7. The number of nitrogens with one attached hydrogen (secondary N) is 1. The van der Waals surface area contributed by atoms with E-state index in [-0.39, 0.29) is 36.0 Å². The van der Waals surface area contributed by atoms with Gasteiger partial charge in [-0.25, -0.2) is 4.79 Å². The van der Waals surface area contributed by atoms with E-state index in [1.807, 2.05) is 6.92 Å². The molecule has 4 rings (SSSR count). The van der Waals surface area contributed by atoms with Crippen molar-refractivity contribution >= 4 is 29.6 Å². The molecule has 10 heteroatoms. The summed E-state index contributed by atoms with van der Waals surface area (Å²) >= 11 is 0. The first-order chi connectivity index (χ1) is 16.7. The summed E-state index contributed by atoms with van der Waals surface area (Å²) < 4.78 is 5.62. The molecular weight excluding hydrogens is 452 g/mol. The number of piperidine rings is 2. The fraction of sp³-hybridized carbons (Fsp3) is 0.800. The van der Waals surface area contributed by atoms with Crippen molar-refractivity contribution < 1.29 is 28.7 Å². The lowest BCUT2D eigenvalue weighted by molar-refractivity contribution is -0.161. The lowest BCUT2D eigenvalue weighted by Gasteiger charge is -2.42. The first-order valence-electron chi connectivity index (χ1n) is 13.1. The third kappa shape index (κ3) is 5.30. The summed E-state index contributed by atoms with van der Waals surface area (Å²) in [7, 11) is 0. The minimum absolute atomic E-state index is 0.0218. The quantitative estimate of drug-likeness (QED) is 0.503. The molecular formula is C25H38N4O6. The van der Waals surface area contributed by atoms with Crippen molar-refractivity contribution in [3.8, 4) is 0 Å². The average Bonchev–Trinajstić information content (AvgIpc) is 3.24. The summed E-state index contributed by atoms with van der Waals surface area (Å²) in [4.78, 5) is 71.1. The fourth-order valence-electron chi connectivity index (χ4n) is 5.96. The number of carbonyl (C=O) groups excluding carboxylic acids is 5. The lowest BCUT2D eigenvalue weighted by atomic mass is 9.95. The molecule has 0 spiro atoms. The van der Waals surface area contributed by atoms with Gasteiger partial charge >= 0.3 is 5.97 Å². The Morgan fingerprint density at radius 3 is 2.14 bits per heavy atom. The van der Waals surface area contributed by atoms with Crippen LogP contribution in [0.1, 0.15) is 72.1 Å². The summed E-state index contributed by atoms with van der Waals surface area (Å²) in [6.45, 7) is 6.59. The number of hydrogen-bond acceptors (Lipinski definition) is 6. The van der Waals surface area contributed by atoms with Gasteiger partial charge in [0.25, 0.3) is 0 Å². The molecule has 4 aliphatic rings. The van der Waals surface area contributed by atoms with E-state index in [1.165, 1.54) is 4.90 Å². The number of cyclic esters (lactones) is 1. The van der Waals surface area contributed by atoms with E-state index in [2.05, 4.69) is 5.32 Å². The van der Waals surface area contributed by atoms with Gasteiger partial charge in [0, 0.05) is 19.6 Å². The van der Waals surface area contributed by atoms with Gasteiger partial charge in [0.05, 0.1) is 6.42 Å². The van der Waals surface area contributed by atoms with Crippen molar-refractivity contribution in [1.82, 2.24) is 20.0 Å². The normalized spacial score (nSPS) is 35.7. The molecule has 4 heterocycles. The number of carbonyl (C=O) groups is 5. The molecule has 0 aromatic heterocycles. The highest BCUT2D eigenvalue weighted by Crippen LogP contribution is 2.28. The van der Waals surface area contributed by atoms with Crippen molar-refractivity contribution in [2.45, 2.75) is 102 Å². The second-order valence-corrected chi connectivity index (χ2v) is 10.7. The topological polar surface area (TPSA) is 116 Å². The molecule has 4 fully saturated rings. The van der Waals surface area contributed by atoms with Crippen LogP contribution in [0.15, 0.2) is 0 Å². The first kappa shape index (κ1) is 25.4. The molecule has 0 aromatic rings. The Morgan fingerprint density at radius 2 is 1.43 bits per heavy atom. The maximum atomic E-state index is 13.7. The third-order valence-electron chi connectivity index (χ3n) is 7.77. The smallest absolute Gasteiger partial charge is 0.329 e. The highest BCUT2D eigenvalue weighted by Gasteiger charge is 2.44.